The highest BCUT2D eigenvalue weighted by Gasteiger charge is 2.21. The molecule has 1 nitrogen and oxygen atoms in total. The molecule has 1 aliphatic heterocycles. The predicted octanol–water partition coefficient (Wildman–Crippen LogP) is 5.41. The van der Waals surface area contributed by atoms with Crippen LogP contribution in [0.4, 0.5) is 0 Å². The lowest BCUT2D eigenvalue weighted by Crippen LogP contribution is -2.05. The molecule has 104 valence electrons. The second-order valence-corrected chi connectivity index (χ2v) is 6.78. The van der Waals surface area contributed by atoms with Crippen molar-refractivity contribution in [3.63, 3.8) is 0 Å². The molecule has 0 saturated heterocycles. The molecule has 2 unspecified atom stereocenters. The topological polar surface area (TPSA) is 9.23 Å². The van der Waals surface area contributed by atoms with Crippen molar-refractivity contribution in [2.24, 2.45) is 0 Å². The Balaban J connectivity index is 1.95. The molecule has 2 aromatic rings. The first-order chi connectivity index (χ1) is 9.52. The highest BCUT2D eigenvalue weighted by molar-refractivity contribution is 9.10. The molecule has 0 fully saturated rings. The summed E-state index contributed by atoms with van der Waals surface area (Å²) in [5.74, 6) is 0.996. The first-order valence-corrected chi connectivity index (χ1v) is 7.96. The minimum atomic E-state index is -0.132. The zero-order valence-electron chi connectivity index (χ0n) is 11.5. The first kappa shape index (κ1) is 14.0. The Hall–Kier alpha value is -0.990. The molecule has 3 rings (SSSR count). The van der Waals surface area contributed by atoms with Gasteiger partial charge in [-0.1, -0.05) is 34.1 Å². The molecule has 20 heavy (non-hydrogen) atoms. The van der Waals surface area contributed by atoms with Gasteiger partial charge in [-0.2, -0.15) is 0 Å². The minimum absolute atomic E-state index is 0.132. The van der Waals surface area contributed by atoms with Crippen molar-refractivity contribution in [3.8, 4) is 5.75 Å². The van der Waals surface area contributed by atoms with E-state index in [1.54, 1.807) is 0 Å². The van der Waals surface area contributed by atoms with E-state index in [4.69, 9.17) is 16.3 Å². The molecular weight excluding hydrogens is 336 g/mol. The largest absolute Gasteiger partial charge is 0.490 e. The number of rotatable bonds is 2. The van der Waals surface area contributed by atoms with E-state index in [9.17, 15) is 0 Å². The lowest BCUT2D eigenvalue weighted by Gasteiger charge is -2.13. The van der Waals surface area contributed by atoms with Crippen LogP contribution in [-0.2, 0) is 6.42 Å². The summed E-state index contributed by atoms with van der Waals surface area (Å²) in [5.41, 5.74) is 4.71. The molecule has 0 aromatic heterocycles. The van der Waals surface area contributed by atoms with Crippen LogP contribution in [0, 0.1) is 6.92 Å². The maximum absolute atomic E-state index is 6.65. The van der Waals surface area contributed by atoms with Crippen LogP contribution in [0.5, 0.6) is 5.75 Å². The lowest BCUT2D eigenvalue weighted by molar-refractivity contribution is 0.254. The van der Waals surface area contributed by atoms with Crippen LogP contribution in [-0.4, -0.2) is 6.10 Å². The van der Waals surface area contributed by atoms with Gasteiger partial charge in [-0.3, -0.25) is 0 Å². The van der Waals surface area contributed by atoms with Gasteiger partial charge in [0.1, 0.15) is 11.9 Å². The molecule has 0 aliphatic carbocycles. The van der Waals surface area contributed by atoms with Gasteiger partial charge in [0.2, 0.25) is 0 Å². The van der Waals surface area contributed by atoms with Gasteiger partial charge in [0, 0.05) is 10.9 Å². The fourth-order valence-electron chi connectivity index (χ4n) is 2.70. The highest BCUT2D eigenvalue weighted by atomic mass is 79.9. The van der Waals surface area contributed by atoms with Crippen LogP contribution in [0.2, 0.25) is 0 Å². The van der Waals surface area contributed by atoms with Gasteiger partial charge in [-0.05, 0) is 54.3 Å². The van der Waals surface area contributed by atoms with E-state index in [1.165, 1.54) is 11.1 Å². The average Bonchev–Trinajstić information content (AvgIpc) is 2.75. The van der Waals surface area contributed by atoms with E-state index in [1.807, 2.05) is 6.07 Å². The maximum Gasteiger partial charge on any atom is 0.123 e. The van der Waals surface area contributed by atoms with Gasteiger partial charge in [0.25, 0.3) is 0 Å². The molecule has 1 aliphatic rings. The summed E-state index contributed by atoms with van der Waals surface area (Å²) < 4.78 is 6.80. The molecule has 3 heteroatoms. The molecule has 0 spiro atoms. The van der Waals surface area contributed by atoms with E-state index >= 15 is 0 Å². The Morgan fingerprint density at radius 3 is 2.75 bits per heavy atom. The van der Waals surface area contributed by atoms with E-state index < -0.39 is 0 Å². The standard InChI is InChI=1S/C17H16BrClO/c1-10-5-14(9-15(18)6-10)17(19)12-3-4-16-13(8-12)7-11(2)20-16/h3-6,8-9,11,17H,7H2,1-2H3. The predicted molar refractivity (Wildman–Crippen MR) is 86.8 cm³/mol. The van der Waals surface area contributed by atoms with Crippen molar-refractivity contribution < 1.29 is 4.74 Å². The summed E-state index contributed by atoms with van der Waals surface area (Å²) in [4.78, 5) is 0. The number of aryl methyl sites for hydroxylation is 1. The van der Waals surface area contributed by atoms with Crippen molar-refractivity contribution >= 4 is 27.5 Å². The van der Waals surface area contributed by atoms with Crippen molar-refractivity contribution in [1.82, 2.24) is 0 Å². The Kier molecular flexibility index (Phi) is 3.78. The molecule has 0 saturated carbocycles. The average molecular weight is 352 g/mol. The van der Waals surface area contributed by atoms with Crippen molar-refractivity contribution in [3.05, 3.63) is 63.1 Å². The Bertz CT molecular complexity index is 633. The van der Waals surface area contributed by atoms with Crippen LogP contribution < -0.4 is 4.74 Å². The van der Waals surface area contributed by atoms with E-state index in [-0.39, 0.29) is 11.5 Å². The summed E-state index contributed by atoms with van der Waals surface area (Å²) in [6, 6.07) is 12.6. The van der Waals surface area contributed by atoms with Gasteiger partial charge >= 0.3 is 0 Å². The maximum atomic E-state index is 6.65. The fourth-order valence-corrected chi connectivity index (χ4v) is 3.59. The number of hydrogen-bond donors (Lipinski definition) is 0. The number of halogens is 2. The third-order valence-corrected chi connectivity index (χ3v) is 4.53. The van der Waals surface area contributed by atoms with Gasteiger partial charge in [-0.15, -0.1) is 11.6 Å². The first-order valence-electron chi connectivity index (χ1n) is 6.73. The summed E-state index contributed by atoms with van der Waals surface area (Å²) in [6.45, 7) is 4.17. The smallest absolute Gasteiger partial charge is 0.123 e. The van der Waals surface area contributed by atoms with E-state index in [0.29, 0.717) is 0 Å². The van der Waals surface area contributed by atoms with Gasteiger partial charge in [-0.25, -0.2) is 0 Å². The summed E-state index contributed by atoms with van der Waals surface area (Å²) in [7, 11) is 0. The second-order valence-electron chi connectivity index (χ2n) is 5.42. The molecular formula is C17H16BrClO. The Morgan fingerprint density at radius 2 is 2.00 bits per heavy atom. The third-order valence-electron chi connectivity index (χ3n) is 3.57. The summed E-state index contributed by atoms with van der Waals surface area (Å²) >= 11 is 10.2. The van der Waals surface area contributed by atoms with E-state index in [0.717, 1.165) is 27.8 Å². The van der Waals surface area contributed by atoms with E-state index in [2.05, 4.69) is 60.1 Å². The SMILES string of the molecule is Cc1cc(Br)cc(C(Cl)c2ccc3c(c2)CC(C)O3)c1. The quantitative estimate of drug-likeness (QED) is 0.657. The highest BCUT2D eigenvalue weighted by Crippen LogP contribution is 2.36. The molecule has 0 radical (unpaired) electrons. The van der Waals surface area contributed by atoms with Crippen LogP contribution in [0.1, 0.15) is 34.6 Å². The van der Waals surface area contributed by atoms with Gasteiger partial charge < -0.3 is 4.74 Å². The lowest BCUT2D eigenvalue weighted by atomic mass is 9.99. The monoisotopic (exact) mass is 350 g/mol. The molecule has 0 amide bonds. The molecule has 0 bridgehead atoms. The number of benzene rings is 2. The molecule has 0 N–H and O–H groups in total. The van der Waals surface area contributed by atoms with Gasteiger partial charge in [0.15, 0.2) is 0 Å². The fraction of sp³-hybridized carbons (Fsp3) is 0.294. The summed E-state index contributed by atoms with van der Waals surface area (Å²) in [5, 5.41) is -0.132. The molecule has 2 aromatic carbocycles. The number of hydrogen-bond acceptors (Lipinski definition) is 1. The zero-order valence-corrected chi connectivity index (χ0v) is 13.8. The van der Waals surface area contributed by atoms with Crippen molar-refractivity contribution in [2.75, 3.05) is 0 Å². The zero-order chi connectivity index (χ0) is 14.3. The van der Waals surface area contributed by atoms with Crippen molar-refractivity contribution in [2.45, 2.75) is 31.7 Å². The van der Waals surface area contributed by atoms with Crippen LogP contribution in [0.3, 0.4) is 0 Å². The molecule has 1 heterocycles. The molecule has 2 atom stereocenters. The Morgan fingerprint density at radius 1 is 1.20 bits per heavy atom. The van der Waals surface area contributed by atoms with Crippen LogP contribution >= 0.6 is 27.5 Å². The third kappa shape index (κ3) is 2.72. The van der Waals surface area contributed by atoms with Crippen LogP contribution in [0.25, 0.3) is 0 Å². The van der Waals surface area contributed by atoms with Crippen LogP contribution in [0.15, 0.2) is 40.9 Å². The Labute approximate surface area is 133 Å². The van der Waals surface area contributed by atoms with Crippen molar-refractivity contribution in [1.29, 1.82) is 0 Å². The second kappa shape index (κ2) is 5.42. The number of fused-ring (bicyclic) bond motifs is 1. The number of ether oxygens (including phenoxy) is 1. The summed E-state index contributed by atoms with van der Waals surface area (Å²) in [6.07, 6.45) is 1.23. The normalized spacial score (nSPS) is 18.5. The number of alkyl halides is 1. The minimum Gasteiger partial charge on any atom is -0.490 e. The van der Waals surface area contributed by atoms with Gasteiger partial charge in [0.05, 0.1) is 5.38 Å².